The molecule has 5 rings (SSSR count). The number of halogens is 1. The lowest BCUT2D eigenvalue weighted by Crippen LogP contribution is -2.55. The standard InChI is InChI=1S/C39H46FNO8/c1-26(43)48-35(30-13-15-32(40)16-14-30)20-19-34-36(41(37(34)45)33-17-9-28(10-18-33)6-5-23-42)31-11-7-29(8-12-31)21-22-39(49-27(2)44)24-46-38(3,4)47-25-39/h7-18,34-36,42H,5-6,19-25H2,1-4H3/t34-,35?,36-/m1/s1. The van der Waals surface area contributed by atoms with Crippen LogP contribution in [0.5, 0.6) is 0 Å². The van der Waals surface area contributed by atoms with Crippen LogP contribution in [0.2, 0.25) is 0 Å². The average Bonchev–Trinajstić information content (AvgIpc) is 3.07. The minimum Gasteiger partial charge on any atom is -0.458 e. The van der Waals surface area contributed by atoms with Crippen molar-refractivity contribution in [2.24, 2.45) is 5.92 Å². The van der Waals surface area contributed by atoms with Gasteiger partial charge in [0.25, 0.3) is 0 Å². The topological polar surface area (TPSA) is 112 Å². The highest BCUT2D eigenvalue weighted by Crippen LogP contribution is 2.47. The molecule has 3 aromatic rings. The number of hydrogen-bond donors (Lipinski definition) is 1. The molecule has 262 valence electrons. The van der Waals surface area contributed by atoms with Crippen LogP contribution < -0.4 is 4.90 Å². The first-order chi connectivity index (χ1) is 23.4. The third kappa shape index (κ3) is 9.12. The molecule has 1 unspecified atom stereocenters. The fourth-order valence-corrected chi connectivity index (χ4v) is 6.61. The first kappa shape index (κ1) is 36.2. The van der Waals surface area contributed by atoms with Gasteiger partial charge in [-0.25, -0.2) is 4.39 Å². The fourth-order valence-electron chi connectivity index (χ4n) is 6.61. The highest BCUT2D eigenvalue weighted by Gasteiger charge is 2.49. The van der Waals surface area contributed by atoms with Gasteiger partial charge in [0.15, 0.2) is 11.4 Å². The Hall–Kier alpha value is -4.12. The minimum absolute atomic E-state index is 0.0265. The molecule has 0 radical (unpaired) electrons. The Balaban J connectivity index is 1.35. The molecule has 3 aromatic carbocycles. The van der Waals surface area contributed by atoms with Crippen LogP contribution >= 0.6 is 0 Å². The maximum Gasteiger partial charge on any atom is 0.303 e. The van der Waals surface area contributed by atoms with Crippen LogP contribution in [-0.2, 0) is 46.2 Å². The number of hydrogen-bond acceptors (Lipinski definition) is 8. The number of carbonyl (C=O) groups is 3. The third-order valence-corrected chi connectivity index (χ3v) is 9.26. The SMILES string of the molecule is CC(=O)OC(CC[C@H]1C(=O)N(c2ccc(CCCO)cc2)[C@@H]1c1ccc(CCC2(OC(C)=O)COC(C)(C)OC2)cc1)c1ccc(F)cc1. The van der Waals surface area contributed by atoms with Gasteiger partial charge in [-0.15, -0.1) is 0 Å². The van der Waals surface area contributed by atoms with E-state index in [4.69, 9.17) is 18.9 Å². The molecular formula is C39H46FNO8. The molecule has 1 amide bonds. The van der Waals surface area contributed by atoms with E-state index in [1.807, 2.05) is 67.3 Å². The summed E-state index contributed by atoms with van der Waals surface area (Å²) in [5, 5.41) is 9.22. The molecule has 9 nitrogen and oxygen atoms in total. The molecule has 0 aliphatic carbocycles. The van der Waals surface area contributed by atoms with Crippen molar-refractivity contribution in [1.29, 1.82) is 0 Å². The Morgan fingerprint density at radius 1 is 0.918 bits per heavy atom. The van der Waals surface area contributed by atoms with Crippen LogP contribution in [0.25, 0.3) is 0 Å². The Bertz CT molecular complexity index is 1580. The quantitative estimate of drug-likeness (QED) is 0.151. The zero-order valence-corrected chi connectivity index (χ0v) is 28.7. The summed E-state index contributed by atoms with van der Waals surface area (Å²) in [6.45, 7) is 6.97. The van der Waals surface area contributed by atoms with Gasteiger partial charge in [-0.2, -0.15) is 0 Å². The van der Waals surface area contributed by atoms with E-state index >= 15 is 0 Å². The molecule has 0 saturated carbocycles. The van der Waals surface area contributed by atoms with E-state index < -0.39 is 23.5 Å². The number of aliphatic hydroxyl groups is 1. The number of aryl methyl sites for hydroxylation is 2. The highest BCUT2D eigenvalue weighted by molar-refractivity contribution is 6.03. The van der Waals surface area contributed by atoms with Crippen molar-refractivity contribution in [3.63, 3.8) is 0 Å². The molecule has 49 heavy (non-hydrogen) atoms. The normalized spacial score (nSPS) is 20.3. The maximum atomic E-state index is 13.8. The van der Waals surface area contributed by atoms with Crippen molar-refractivity contribution in [2.75, 3.05) is 24.7 Å². The first-order valence-electron chi connectivity index (χ1n) is 16.9. The molecule has 2 fully saturated rings. The van der Waals surface area contributed by atoms with Gasteiger partial charge in [-0.1, -0.05) is 48.5 Å². The lowest BCUT2D eigenvalue weighted by molar-refractivity contribution is -0.305. The van der Waals surface area contributed by atoms with Crippen LogP contribution in [0, 0.1) is 11.7 Å². The molecule has 2 saturated heterocycles. The largest absolute Gasteiger partial charge is 0.458 e. The summed E-state index contributed by atoms with van der Waals surface area (Å²) in [4.78, 5) is 39.5. The van der Waals surface area contributed by atoms with Crippen molar-refractivity contribution in [2.45, 2.75) is 89.8 Å². The summed E-state index contributed by atoms with van der Waals surface area (Å²) >= 11 is 0. The number of nitrogens with zero attached hydrogens (tertiary/aromatic N) is 1. The van der Waals surface area contributed by atoms with Gasteiger partial charge < -0.3 is 29.0 Å². The smallest absolute Gasteiger partial charge is 0.303 e. The van der Waals surface area contributed by atoms with Gasteiger partial charge in [0.05, 0.1) is 25.2 Å². The van der Waals surface area contributed by atoms with E-state index in [-0.39, 0.29) is 49.5 Å². The Labute approximate surface area is 287 Å². The highest BCUT2D eigenvalue weighted by atomic mass is 19.1. The van der Waals surface area contributed by atoms with E-state index in [2.05, 4.69) is 0 Å². The molecule has 0 spiro atoms. The van der Waals surface area contributed by atoms with Gasteiger partial charge >= 0.3 is 11.9 Å². The predicted molar refractivity (Wildman–Crippen MR) is 181 cm³/mol. The summed E-state index contributed by atoms with van der Waals surface area (Å²) in [5.74, 6) is -2.36. The van der Waals surface area contributed by atoms with Crippen molar-refractivity contribution in [1.82, 2.24) is 0 Å². The third-order valence-electron chi connectivity index (χ3n) is 9.26. The van der Waals surface area contributed by atoms with E-state index in [1.54, 1.807) is 12.1 Å². The molecule has 2 aliphatic heterocycles. The van der Waals surface area contributed by atoms with Crippen LogP contribution in [-0.4, -0.2) is 54.2 Å². The predicted octanol–water partition coefficient (Wildman–Crippen LogP) is 6.56. The zero-order chi connectivity index (χ0) is 35.2. The second-order valence-corrected chi connectivity index (χ2v) is 13.5. The molecule has 2 aliphatic rings. The first-order valence-corrected chi connectivity index (χ1v) is 16.9. The summed E-state index contributed by atoms with van der Waals surface area (Å²) in [6.07, 6.45) is 2.77. The van der Waals surface area contributed by atoms with Gasteiger partial charge in [0.2, 0.25) is 5.91 Å². The number of anilines is 1. The number of rotatable bonds is 14. The number of amides is 1. The van der Waals surface area contributed by atoms with E-state index in [0.717, 1.165) is 28.8 Å². The lowest BCUT2D eigenvalue weighted by atomic mass is 9.78. The minimum atomic E-state index is -0.880. The van der Waals surface area contributed by atoms with E-state index in [9.17, 15) is 23.9 Å². The molecular weight excluding hydrogens is 629 g/mol. The monoisotopic (exact) mass is 675 g/mol. The van der Waals surface area contributed by atoms with Gasteiger partial charge in [0, 0.05) is 26.1 Å². The van der Waals surface area contributed by atoms with Crippen molar-refractivity contribution < 1.29 is 42.8 Å². The molecule has 10 heteroatoms. The number of carbonyl (C=O) groups excluding carboxylic acids is 3. The summed E-state index contributed by atoms with van der Waals surface area (Å²) in [7, 11) is 0. The van der Waals surface area contributed by atoms with Gasteiger partial charge in [-0.3, -0.25) is 14.4 Å². The number of aliphatic hydroxyl groups excluding tert-OH is 1. The summed E-state index contributed by atoms with van der Waals surface area (Å²) in [6, 6.07) is 21.6. The molecule has 3 atom stereocenters. The Morgan fingerprint density at radius 3 is 2.12 bits per heavy atom. The second kappa shape index (κ2) is 15.6. The van der Waals surface area contributed by atoms with Crippen molar-refractivity contribution in [3.05, 3.63) is 101 Å². The molecule has 0 bridgehead atoms. The molecule has 0 aromatic heterocycles. The van der Waals surface area contributed by atoms with Crippen LogP contribution in [0.3, 0.4) is 0 Å². The van der Waals surface area contributed by atoms with Gasteiger partial charge in [0.1, 0.15) is 11.9 Å². The van der Waals surface area contributed by atoms with E-state index in [0.29, 0.717) is 37.7 Å². The van der Waals surface area contributed by atoms with Crippen LogP contribution in [0.1, 0.15) is 87.8 Å². The number of ether oxygens (including phenoxy) is 4. The number of esters is 2. The maximum absolute atomic E-state index is 13.8. The Kier molecular flexibility index (Phi) is 11.5. The molecule has 2 heterocycles. The number of benzene rings is 3. The second-order valence-electron chi connectivity index (χ2n) is 13.5. The number of β-lactam (4-membered cyclic amide) rings is 1. The van der Waals surface area contributed by atoms with E-state index in [1.165, 1.54) is 26.0 Å². The average molecular weight is 676 g/mol. The summed E-state index contributed by atoms with van der Waals surface area (Å²) in [5.41, 5.74) is 3.65. The van der Waals surface area contributed by atoms with Gasteiger partial charge in [-0.05, 0) is 98.9 Å². The van der Waals surface area contributed by atoms with Crippen molar-refractivity contribution >= 4 is 23.5 Å². The van der Waals surface area contributed by atoms with Crippen LogP contribution in [0.4, 0.5) is 10.1 Å². The molecule has 1 N–H and O–H groups in total. The summed E-state index contributed by atoms with van der Waals surface area (Å²) < 4.78 is 36.7. The van der Waals surface area contributed by atoms with Crippen molar-refractivity contribution in [3.8, 4) is 0 Å². The van der Waals surface area contributed by atoms with Crippen LogP contribution in [0.15, 0.2) is 72.8 Å². The zero-order valence-electron chi connectivity index (χ0n) is 28.7. The fraction of sp³-hybridized carbons (Fsp3) is 0.462. The lowest BCUT2D eigenvalue weighted by Gasteiger charge is -2.48. The Morgan fingerprint density at radius 2 is 1.53 bits per heavy atom.